The molecule has 0 spiro atoms. The van der Waals surface area contributed by atoms with Gasteiger partial charge in [0.1, 0.15) is 0 Å². The van der Waals surface area contributed by atoms with E-state index in [1.54, 1.807) is 6.25 Å². The first-order chi connectivity index (χ1) is 11.0. The summed E-state index contributed by atoms with van der Waals surface area (Å²) in [4.78, 5) is 18.3. The average Bonchev–Trinajstić information content (AvgIpc) is 2.58. The monoisotopic (exact) mass is 504 g/mol. The van der Waals surface area contributed by atoms with Crippen LogP contribution in [0.15, 0.2) is 86.0 Å². The Hall–Kier alpha value is -2.22. The van der Waals surface area contributed by atoms with E-state index in [1.165, 1.54) is 0 Å². The molecule has 0 radical (unpaired) electrons. The summed E-state index contributed by atoms with van der Waals surface area (Å²) in [5, 5.41) is 18.3. The second-order valence-electron chi connectivity index (χ2n) is 3.90. The van der Waals surface area contributed by atoms with Crippen molar-refractivity contribution in [2.45, 2.75) is 0 Å². The Labute approximate surface area is 148 Å². The summed E-state index contributed by atoms with van der Waals surface area (Å²) in [6.07, 6.45) is 1.44. The summed E-state index contributed by atoms with van der Waals surface area (Å²) in [7, 11) is 0. The van der Waals surface area contributed by atoms with E-state index in [4.69, 9.17) is 19.8 Å². The van der Waals surface area contributed by atoms with Crippen LogP contribution in [0.2, 0.25) is 0 Å². The molecule has 0 N–H and O–H groups in total. The van der Waals surface area contributed by atoms with Gasteiger partial charge in [-0.2, -0.15) is 0 Å². The van der Waals surface area contributed by atoms with Crippen LogP contribution in [-0.4, -0.2) is 36.2 Å². The van der Waals surface area contributed by atoms with Crippen molar-refractivity contribution in [2.75, 3.05) is 0 Å². The van der Waals surface area contributed by atoms with Crippen LogP contribution in [0, 0.1) is 0 Å². The SMILES string of the molecule is C=CC(=O)[O-].C=CC(=O)[O-].c1cc[c]([Pb+2][c]2ccccc2)cc1. The van der Waals surface area contributed by atoms with Gasteiger partial charge in [-0.3, -0.25) is 0 Å². The second kappa shape index (κ2) is 13.4. The van der Waals surface area contributed by atoms with E-state index in [2.05, 4.69) is 73.8 Å². The van der Waals surface area contributed by atoms with Crippen LogP contribution in [0.5, 0.6) is 0 Å². The molecule has 0 unspecified atom stereocenters. The predicted molar refractivity (Wildman–Crippen MR) is 88.3 cm³/mol. The van der Waals surface area contributed by atoms with E-state index in [-0.39, 0.29) is 0 Å². The first-order valence-corrected chi connectivity index (χ1v) is 10.4. The molecule has 0 atom stereocenters. The minimum atomic E-state index is -1.23. The number of aliphatic carboxylic acids is 2. The summed E-state index contributed by atoms with van der Waals surface area (Å²) in [5.74, 6) is -2.46. The molecule has 5 heteroatoms. The fourth-order valence-corrected chi connectivity index (χ4v) is 5.30. The van der Waals surface area contributed by atoms with Crippen LogP contribution >= 0.6 is 0 Å². The minimum absolute atomic E-state index is 0.722. The summed E-state index contributed by atoms with van der Waals surface area (Å²) >= 11 is -0.740. The Bertz CT molecular complexity index is 554. The predicted octanol–water partition coefficient (Wildman–Crippen LogP) is -0.814. The number of hydrogen-bond donors (Lipinski definition) is 0. The third-order valence-corrected chi connectivity index (χ3v) is 7.01. The van der Waals surface area contributed by atoms with E-state index >= 15 is 0 Å². The Morgan fingerprint density at radius 3 is 1.22 bits per heavy atom. The molecule has 0 heterocycles. The van der Waals surface area contributed by atoms with Crippen molar-refractivity contribution in [1.29, 1.82) is 0 Å². The van der Waals surface area contributed by atoms with Crippen molar-refractivity contribution in [3.05, 3.63) is 86.0 Å². The van der Waals surface area contributed by atoms with Crippen molar-refractivity contribution < 1.29 is 19.8 Å². The summed E-state index contributed by atoms with van der Waals surface area (Å²) < 4.78 is 3.13. The Kier molecular flexibility index (Phi) is 12.1. The van der Waals surface area contributed by atoms with E-state index in [0.717, 1.165) is 12.2 Å². The number of carbonyl (C=O) groups is 2. The summed E-state index contributed by atoms with van der Waals surface area (Å²) in [5.41, 5.74) is 0. The molecule has 2 aromatic rings. The van der Waals surface area contributed by atoms with Gasteiger partial charge < -0.3 is 19.8 Å². The molecule has 0 bridgehead atoms. The zero-order chi connectivity index (χ0) is 17.5. The standard InChI is InChI=1S/2C6H5.2C3H4O2.Pb/c2*1-2-4-6-5-3-1;2*1-2-3(4)5;/h2*1-5H;2*2H,1H2,(H,4,5);/q;;;;+2/p-2. The van der Waals surface area contributed by atoms with Gasteiger partial charge >= 0.3 is 91.1 Å². The number of carboxylic acid groups (broad SMARTS) is 2. The molecular formula is C18H16O4Pb. The zero-order valence-corrected chi connectivity index (χ0v) is 16.4. The molecule has 0 amide bonds. The fourth-order valence-electron chi connectivity index (χ4n) is 1.21. The Morgan fingerprint density at radius 1 is 0.739 bits per heavy atom. The maximum absolute atomic E-state index is 9.14. The summed E-state index contributed by atoms with van der Waals surface area (Å²) in [6.45, 7) is 5.80. The van der Waals surface area contributed by atoms with Gasteiger partial charge in [0.15, 0.2) is 0 Å². The zero-order valence-electron chi connectivity index (χ0n) is 12.5. The molecular weight excluding hydrogens is 487 g/mol. The molecule has 0 aliphatic carbocycles. The van der Waals surface area contributed by atoms with Crippen LogP contribution < -0.4 is 16.5 Å². The van der Waals surface area contributed by atoms with Gasteiger partial charge in [-0.25, -0.2) is 0 Å². The van der Waals surface area contributed by atoms with Crippen molar-refractivity contribution in [1.82, 2.24) is 0 Å². The number of hydrogen-bond acceptors (Lipinski definition) is 4. The molecule has 0 aromatic heterocycles. The van der Waals surface area contributed by atoms with E-state index in [1.807, 2.05) is 0 Å². The maximum atomic E-state index is 9.14. The molecule has 116 valence electrons. The molecule has 4 nitrogen and oxygen atoms in total. The third-order valence-electron chi connectivity index (χ3n) is 2.17. The first kappa shape index (κ1) is 20.8. The van der Waals surface area contributed by atoms with Gasteiger partial charge in [0.05, 0.1) is 11.9 Å². The number of benzene rings is 2. The van der Waals surface area contributed by atoms with Gasteiger partial charge in [0.25, 0.3) is 0 Å². The molecule has 23 heavy (non-hydrogen) atoms. The average molecular weight is 504 g/mol. The third kappa shape index (κ3) is 13.2. The number of carboxylic acids is 2. The quantitative estimate of drug-likeness (QED) is 0.404. The van der Waals surface area contributed by atoms with E-state index in [0.29, 0.717) is 0 Å². The van der Waals surface area contributed by atoms with Crippen molar-refractivity contribution in [2.24, 2.45) is 0 Å². The normalized spacial score (nSPS) is 8.00. The Morgan fingerprint density at radius 2 is 1.00 bits per heavy atom. The van der Waals surface area contributed by atoms with Gasteiger partial charge in [-0.15, -0.1) is 0 Å². The van der Waals surface area contributed by atoms with Crippen LogP contribution in [0.25, 0.3) is 0 Å². The molecule has 0 aliphatic rings. The molecule has 0 fully saturated rings. The van der Waals surface area contributed by atoms with Crippen LogP contribution in [0.1, 0.15) is 0 Å². The topological polar surface area (TPSA) is 80.3 Å². The molecule has 0 saturated carbocycles. The van der Waals surface area contributed by atoms with Crippen LogP contribution in [-0.2, 0) is 9.59 Å². The summed E-state index contributed by atoms with van der Waals surface area (Å²) in [6, 6.07) is 21.7. The molecule has 0 aliphatic heterocycles. The van der Waals surface area contributed by atoms with Gasteiger partial charge in [-0.1, -0.05) is 13.2 Å². The second-order valence-corrected chi connectivity index (χ2v) is 9.36. The number of carbonyl (C=O) groups excluding carboxylic acids is 2. The molecule has 2 aromatic carbocycles. The van der Waals surface area contributed by atoms with Gasteiger partial charge in [0, 0.05) is 0 Å². The molecule has 2 rings (SSSR count). The number of rotatable bonds is 4. The van der Waals surface area contributed by atoms with E-state index in [9.17, 15) is 0 Å². The fraction of sp³-hybridized carbons (Fsp3) is 0. The van der Waals surface area contributed by atoms with Crippen molar-refractivity contribution >= 4 is 42.4 Å². The van der Waals surface area contributed by atoms with Gasteiger partial charge in [-0.05, 0) is 12.2 Å². The van der Waals surface area contributed by atoms with Crippen molar-refractivity contribution in [3.8, 4) is 0 Å². The first-order valence-electron chi connectivity index (χ1n) is 6.53. The molecule has 0 saturated heterocycles. The van der Waals surface area contributed by atoms with Crippen molar-refractivity contribution in [3.63, 3.8) is 0 Å². The van der Waals surface area contributed by atoms with Gasteiger partial charge in [0.2, 0.25) is 0 Å². The Balaban J connectivity index is 0.000000406. The van der Waals surface area contributed by atoms with Crippen LogP contribution in [0.4, 0.5) is 0 Å². The van der Waals surface area contributed by atoms with Crippen LogP contribution in [0.3, 0.4) is 0 Å². The van der Waals surface area contributed by atoms with E-state index < -0.39 is 36.2 Å².